The van der Waals surface area contributed by atoms with Crippen molar-refractivity contribution in [3.63, 3.8) is 0 Å². The van der Waals surface area contributed by atoms with Crippen LogP contribution in [0.1, 0.15) is 41.0 Å². The van der Waals surface area contributed by atoms with E-state index in [1.54, 1.807) is 22.1 Å². The molecule has 1 aliphatic heterocycles. The minimum absolute atomic E-state index is 0.0968. The number of anilines is 1. The summed E-state index contributed by atoms with van der Waals surface area (Å²) < 4.78 is 6.80. The molecule has 0 atom stereocenters. The summed E-state index contributed by atoms with van der Waals surface area (Å²) in [6, 6.07) is 8.17. The molecule has 1 aliphatic rings. The van der Waals surface area contributed by atoms with Crippen molar-refractivity contribution in [3.8, 4) is 6.07 Å². The van der Waals surface area contributed by atoms with E-state index in [1.807, 2.05) is 6.07 Å². The second-order valence-electron chi connectivity index (χ2n) is 6.93. The van der Waals surface area contributed by atoms with Crippen LogP contribution < -0.4 is 10.9 Å². The zero-order valence-electron chi connectivity index (χ0n) is 16.0. The molecule has 0 unspecified atom stereocenters. The van der Waals surface area contributed by atoms with E-state index < -0.39 is 18.5 Å². The number of nitriles is 1. The van der Waals surface area contributed by atoms with Crippen molar-refractivity contribution in [1.29, 1.82) is 5.26 Å². The van der Waals surface area contributed by atoms with Gasteiger partial charge >= 0.3 is 5.97 Å². The van der Waals surface area contributed by atoms with E-state index in [4.69, 9.17) is 10.00 Å². The van der Waals surface area contributed by atoms with Gasteiger partial charge in [0.15, 0.2) is 6.61 Å². The summed E-state index contributed by atoms with van der Waals surface area (Å²) in [5, 5.41) is 14.1. The minimum Gasteiger partial charge on any atom is -0.452 e. The van der Waals surface area contributed by atoms with E-state index in [0.29, 0.717) is 28.0 Å². The van der Waals surface area contributed by atoms with Gasteiger partial charge in [-0.1, -0.05) is 6.42 Å². The highest BCUT2D eigenvalue weighted by atomic mass is 32.1. The number of hydrogen-bond donors (Lipinski definition) is 1. The lowest BCUT2D eigenvalue weighted by atomic mass is 10.1. The first-order valence-corrected chi connectivity index (χ1v) is 10.4. The quantitative estimate of drug-likeness (QED) is 0.647. The lowest BCUT2D eigenvalue weighted by molar-refractivity contribution is -0.119. The third-order valence-electron chi connectivity index (χ3n) is 4.93. The summed E-state index contributed by atoms with van der Waals surface area (Å²) in [5.74, 6) is -0.487. The summed E-state index contributed by atoms with van der Waals surface area (Å²) in [6.45, 7) is 0.174. The topological polar surface area (TPSA) is 114 Å². The van der Waals surface area contributed by atoms with Crippen molar-refractivity contribution in [3.05, 3.63) is 57.0 Å². The predicted molar refractivity (Wildman–Crippen MR) is 112 cm³/mol. The number of fused-ring (bicyclic) bond motifs is 2. The number of benzene rings is 1. The molecule has 152 valence electrons. The number of ether oxygens (including phenoxy) is 1. The van der Waals surface area contributed by atoms with Gasteiger partial charge in [0.25, 0.3) is 11.5 Å². The van der Waals surface area contributed by atoms with Crippen LogP contribution in [0.3, 0.4) is 0 Å². The SMILES string of the molecule is N#Cc1ccsc1NC(=O)COC(=O)c1ccc2c(=O)n3c(nc2c1)CCCCC3. The van der Waals surface area contributed by atoms with Gasteiger partial charge in [-0.2, -0.15) is 5.26 Å². The molecular weight excluding hydrogens is 404 g/mol. The molecule has 0 saturated carbocycles. The van der Waals surface area contributed by atoms with E-state index in [-0.39, 0.29) is 11.1 Å². The van der Waals surface area contributed by atoms with E-state index in [1.165, 1.54) is 23.5 Å². The van der Waals surface area contributed by atoms with Crippen LogP contribution in [0.25, 0.3) is 10.9 Å². The molecular formula is C21H18N4O4S. The highest BCUT2D eigenvalue weighted by molar-refractivity contribution is 7.14. The smallest absolute Gasteiger partial charge is 0.338 e. The van der Waals surface area contributed by atoms with Gasteiger partial charge in [0.1, 0.15) is 16.9 Å². The molecule has 0 fully saturated rings. The monoisotopic (exact) mass is 422 g/mol. The molecule has 4 rings (SSSR count). The van der Waals surface area contributed by atoms with Gasteiger partial charge in [-0.3, -0.25) is 14.2 Å². The number of aryl methyl sites for hydroxylation is 1. The molecule has 8 nitrogen and oxygen atoms in total. The number of carbonyl (C=O) groups excluding carboxylic acids is 2. The normalized spacial score (nSPS) is 13.2. The van der Waals surface area contributed by atoms with Crippen LogP contribution in [0.2, 0.25) is 0 Å². The number of nitrogens with zero attached hydrogens (tertiary/aromatic N) is 3. The number of hydrogen-bond acceptors (Lipinski definition) is 7. The zero-order valence-corrected chi connectivity index (χ0v) is 16.8. The Morgan fingerprint density at radius 2 is 2.13 bits per heavy atom. The first-order valence-electron chi connectivity index (χ1n) is 9.55. The summed E-state index contributed by atoms with van der Waals surface area (Å²) >= 11 is 1.21. The fourth-order valence-electron chi connectivity index (χ4n) is 3.42. The zero-order chi connectivity index (χ0) is 21.1. The van der Waals surface area contributed by atoms with Gasteiger partial charge in [-0.25, -0.2) is 9.78 Å². The van der Waals surface area contributed by atoms with Crippen molar-refractivity contribution in [2.45, 2.75) is 32.2 Å². The number of nitrogens with one attached hydrogen (secondary N) is 1. The number of amides is 1. The van der Waals surface area contributed by atoms with Crippen LogP contribution in [0.5, 0.6) is 0 Å². The molecule has 30 heavy (non-hydrogen) atoms. The van der Waals surface area contributed by atoms with Crippen molar-refractivity contribution in [2.24, 2.45) is 0 Å². The van der Waals surface area contributed by atoms with Crippen LogP contribution in [0, 0.1) is 11.3 Å². The van der Waals surface area contributed by atoms with Crippen molar-refractivity contribution in [2.75, 3.05) is 11.9 Å². The standard InChI is InChI=1S/C21H18N4O4S/c22-11-14-7-9-30-19(14)24-18(26)12-29-21(28)13-5-6-15-16(10-13)23-17-4-2-1-3-8-25(17)20(15)27/h5-7,9-10H,1-4,8,12H2,(H,24,26). The van der Waals surface area contributed by atoms with Crippen LogP contribution in [-0.2, 0) is 22.5 Å². The number of aromatic nitrogens is 2. The average Bonchev–Trinajstić information content (AvgIpc) is 3.06. The molecule has 1 amide bonds. The third-order valence-corrected chi connectivity index (χ3v) is 5.76. The van der Waals surface area contributed by atoms with Gasteiger partial charge < -0.3 is 10.1 Å². The highest BCUT2D eigenvalue weighted by Crippen LogP contribution is 2.22. The minimum atomic E-state index is -0.685. The molecule has 1 N–H and O–H groups in total. The predicted octanol–water partition coefficient (Wildman–Crippen LogP) is 2.85. The fourth-order valence-corrected chi connectivity index (χ4v) is 4.17. The Kier molecular flexibility index (Phi) is 5.59. The Bertz CT molecular complexity index is 1240. The molecule has 2 aromatic heterocycles. The summed E-state index contributed by atoms with van der Waals surface area (Å²) in [6.07, 6.45) is 3.72. The largest absolute Gasteiger partial charge is 0.452 e. The molecule has 0 saturated heterocycles. The van der Waals surface area contributed by atoms with Crippen molar-refractivity contribution < 1.29 is 14.3 Å². The first-order chi connectivity index (χ1) is 14.6. The average molecular weight is 422 g/mol. The molecule has 0 spiro atoms. The molecule has 0 radical (unpaired) electrons. The lowest BCUT2D eigenvalue weighted by Crippen LogP contribution is -2.25. The molecule has 0 aliphatic carbocycles. The molecule has 3 heterocycles. The number of esters is 1. The first kappa shape index (κ1) is 19.8. The Morgan fingerprint density at radius 3 is 2.97 bits per heavy atom. The Morgan fingerprint density at radius 1 is 1.27 bits per heavy atom. The van der Waals surface area contributed by atoms with Gasteiger partial charge in [-0.15, -0.1) is 11.3 Å². The van der Waals surface area contributed by atoms with Crippen LogP contribution in [0.15, 0.2) is 34.4 Å². The Balaban J connectivity index is 1.49. The van der Waals surface area contributed by atoms with Gasteiger partial charge in [-0.05, 0) is 42.5 Å². The maximum atomic E-state index is 12.8. The van der Waals surface area contributed by atoms with E-state index in [0.717, 1.165) is 31.5 Å². The van der Waals surface area contributed by atoms with Crippen LogP contribution in [0.4, 0.5) is 5.00 Å². The van der Waals surface area contributed by atoms with E-state index in [2.05, 4.69) is 10.3 Å². The Hall–Kier alpha value is -3.51. The summed E-state index contributed by atoms with van der Waals surface area (Å²) in [7, 11) is 0. The van der Waals surface area contributed by atoms with Crippen molar-refractivity contribution in [1.82, 2.24) is 9.55 Å². The number of thiophene rings is 1. The second-order valence-corrected chi connectivity index (χ2v) is 7.84. The number of carbonyl (C=O) groups is 2. The summed E-state index contributed by atoms with van der Waals surface area (Å²) in [4.78, 5) is 41.7. The van der Waals surface area contributed by atoms with Crippen LogP contribution in [-0.4, -0.2) is 28.0 Å². The fraction of sp³-hybridized carbons (Fsp3) is 0.286. The molecule has 0 bridgehead atoms. The lowest BCUT2D eigenvalue weighted by Gasteiger charge is -2.11. The molecule has 1 aromatic carbocycles. The maximum absolute atomic E-state index is 12.8. The second kappa shape index (κ2) is 8.47. The molecule has 3 aromatic rings. The maximum Gasteiger partial charge on any atom is 0.338 e. The highest BCUT2D eigenvalue weighted by Gasteiger charge is 2.17. The summed E-state index contributed by atoms with van der Waals surface area (Å²) in [5.41, 5.74) is 0.921. The van der Waals surface area contributed by atoms with Gasteiger partial charge in [0.05, 0.1) is 22.0 Å². The van der Waals surface area contributed by atoms with Crippen molar-refractivity contribution >= 4 is 39.1 Å². The molecule has 9 heteroatoms. The van der Waals surface area contributed by atoms with E-state index >= 15 is 0 Å². The van der Waals surface area contributed by atoms with Gasteiger partial charge in [0.2, 0.25) is 0 Å². The third kappa shape index (κ3) is 3.95. The Labute approximate surface area is 175 Å². The van der Waals surface area contributed by atoms with E-state index in [9.17, 15) is 14.4 Å². The number of rotatable bonds is 4. The van der Waals surface area contributed by atoms with Crippen LogP contribution >= 0.6 is 11.3 Å². The van der Waals surface area contributed by atoms with Gasteiger partial charge in [0, 0.05) is 13.0 Å².